The number of hydrogen-bond acceptors (Lipinski definition) is 2. The second kappa shape index (κ2) is 4.75. The second-order valence-corrected chi connectivity index (χ2v) is 5.52. The van der Waals surface area contributed by atoms with Gasteiger partial charge in [-0.05, 0) is 30.7 Å². The fourth-order valence-electron chi connectivity index (χ4n) is 1.77. The third kappa shape index (κ3) is 2.28. The summed E-state index contributed by atoms with van der Waals surface area (Å²) in [6, 6.07) is 7.83. The summed E-state index contributed by atoms with van der Waals surface area (Å²) in [4.78, 5) is 0. The van der Waals surface area contributed by atoms with Gasteiger partial charge in [0.15, 0.2) is 0 Å². The number of nitrogens with zero attached hydrogens (tertiary/aromatic N) is 2. The highest BCUT2D eigenvalue weighted by Crippen LogP contribution is 2.24. The second-order valence-electron chi connectivity index (χ2n) is 5.12. The lowest BCUT2D eigenvalue weighted by Gasteiger charge is -2.19. The Morgan fingerprint density at radius 1 is 1.33 bits per heavy atom. The summed E-state index contributed by atoms with van der Waals surface area (Å²) in [5.74, 6) is 0. The molecule has 0 radical (unpaired) electrons. The van der Waals surface area contributed by atoms with E-state index in [0.717, 1.165) is 22.0 Å². The molecule has 1 aromatic heterocycles. The molecule has 0 aliphatic carbocycles. The Hall–Kier alpha value is -1.32. The van der Waals surface area contributed by atoms with E-state index in [9.17, 15) is 0 Å². The maximum absolute atomic E-state index is 6.13. The van der Waals surface area contributed by atoms with Gasteiger partial charge < -0.3 is 5.73 Å². The van der Waals surface area contributed by atoms with Gasteiger partial charge in [-0.15, -0.1) is 0 Å². The number of halogens is 1. The molecule has 2 rings (SSSR count). The molecule has 96 valence electrons. The molecule has 1 heterocycles. The number of nitrogens with two attached hydrogens (primary N) is 1. The highest BCUT2D eigenvalue weighted by Gasteiger charge is 2.21. The molecule has 0 saturated heterocycles. The molecule has 0 aliphatic rings. The van der Waals surface area contributed by atoms with Crippen LogP contribution in [0.1, 0.15) is 25.1 Å². The van der Waals surface area contributed by atoms with E-state index in [4.69, 9.17) is 17.3 Å². The smallest absolute Gasteiger partial charge is 0.0697 e. The average molecular weight is 264 g/mol. The largest absolute Gasteiger partial charge is 0.330 e. The van der Waals surface area contributed by atoms with E-state index in [1.54, 1.807) is 0 Å². The number of hydrogen-bond donors (Lipinski definition) is 1. The van der Waals surface area contributed by atoms with E-state index in [-0.39, 0.29) is 5.41 Å². The Bertz CT molecular complexity index is 558. The Kier molecular flexibility index (Phi) is 3.46. The molecule has 0 spiro atoms. The van der Waals surface area contributed by atoms with Crippen LogP contribution in [-0.2, 0) is 5.41 Å². The molecule has 0 amide bonds. The zero-order chi connectivity index (χ0) is 13.3. The highest BCUT2D eigenvalue weighted by molar-refractivity contribution is 6.31. The van der Waals surface area contributed by atoms with Crippen LogP contribution in [-0.4, -0.2) is 16.3 Å². The van der Waals surface area contributed by atoms with E-state index in [0.29, 0.717) is 6.54 Å². The van der Waals surface area contributed by atoms with Crippen molar-refractivity contribution < 1.29 is 0 Å². The van der Waals surface area contributed by atoms with Crippen molar-refractivity contribution in [1.82, 2.24) is 9.78 Å². The van der Waals surface area contributed by atoms with Crippen LogP contribution in [0, 0.1) is 6.92 Å². The van der Waals surface area contributed by atoms with Gasteiger partial charge in [-0.2, -0.15) is 5.10 Å². The lowest BCUT2D eigenvalue weighted by molar-refractivity contribution is 0.515. The summed E-state index contributed by atoms with van der Waals surface area (Å²) in [5, 5.41) is 5.36. The third-order valence-corrected chi connectivity index (χ3v) is 3.69. The fraction of sp³-hybridized carbons (Fsp3) is 0.357. The summed E-state index contributed by atoms with van der Waals surface area (Å²) < 4.78 is 1.86. The van der Waals surface area contributed by atoms with Crippen LogP contribution >= 0.6 is 11.6 Å². The minimum Gasteiger partial charge on any atom is -0.330 e. The quantitative estimate of drug-likeness (QED) is 0.925. The molecule has 0 aliphatic heterocycles. The van der Waals surface area contributed by atoms with Gasteiger partial charge in [0.2, 0.25) is 0 Å². The van der Waals surface area contributed by atoms with Gasteiger partial charge in [0.1, 0.15) is 0 Å². The molecule has 2 aromatic rings. The first-order valence-electron chi connectivity index (χ1n) is 5.97. The topological polar surface area (TPSA) is 43.8 Å². The Morgan fingerprint density at radius 2 is 2.06 bits per heavy atom. The van der Waals surface area contributed by atoms with Crippen molar-refractivity contribution in [3.8, 4) is 5.69 Å². The lowest BCUT2D eigenvalue weighted by Crippen LogP contribution is -2.28. The molecule has 1 aromatic carbocycles. The maximum Gasteiger partial charge on any atom is 0.0697 e. The van der Waals surface area contributed by atoms with Crippen LogP contribution in [0.2, 0.25) is 5.02 Å². The summed E-state index contributed by atoms with van der Waals surface area (Å²) in [5.41, 5.74) is 8.68. The van der Waals surface area contributed by atoms with Crippen molar-refractivity contribution in [3.05, 3.63) is 46.7 Å². The van der Waals surface area contributed by atoms with E-state index in [2.05, 4.69) is 18.9 Å². The van der Waals surface area contributed by atoms with Crippen LogP contribution in [0.25, 0.3) is 5.69 Å². The first kappa shape index (κ1) is 13.1. The predicted molar refractivity (Wildman–Crippen MR) is 75.4 cm³/mol. The van der Waals surface area contributed by atoms with Crippen LogP contribution in [0.3, 0.4) is 0 Å². The SMILES string of the molecule is Cc1c(Cl)cccc1-n1ccc(C(C)(C)CN)n1. The maximum atomic E-state index is 6.13. The monoisotopic (exact) mass is 263 g/mol. The molecular formula is C14H18ClN3. The predicted octanol–water partition coefficient (Wildman–Crippen LogP) is 3.07. The van der Waals surface area contributed by atoms with Gasteiger partial charge in [0.05, 0.1) is 11.4 Å². The van der Waals surface area contributed by atoms with Crippen molar-refractivity contribution in [3.63, 3.8) is 0 Å². The van der Waals surface area contributed by atoms with Crippen LogP contribution in [0.5, 0.6) is 0 Å². The van der Waals surface area contributed by atoms with E-state index >= 15 is 0 Å². The van der Waals surface area contributed by atoms with Crippen molar-refractivity contribution in [2.75, 3.05) is 6.54 Å². The molecular weight excluding hydrogens is 246 g/mol. The summed E-state index contributed by atoms with van der Waals surface area (Å²) in [6.07, 6.45) is 1.95. The lowest BCUT2D eigenvalue weighted by atomic mass is 9.90. The fourth-order valence-corrected chi connectivity index (χ4v) is 1.94. The molecule has 2 N–H and O–H groups in total. The molecule has 4 heteroatoms. The Balaban J connectivity index is 2.45. The summed E-state index contributed by atoms with van der Waals surface area (Å²) in [6.45, 7) is 6.74. The van der Waals surface area contributed by atoms with Crippen LogP contribution in [0.4, 0.5) is 0 Å². The zero-order valence-electron chi connectivity index (χ0n) is 10.9. The van der Waals surface area contributed by atoms with Gasteiger partial charge >= 0.3 is 0 Å². The average Bonchev–Trinajstić information content (AvgIpc) is 2.82. The standard InChI is InChI=1S/C14H18ClN3/c1-10-11(15)5-4-6-12(10)18-8-7-13(17-18)14(2,3)9-16/h4-8H,9,16H2,1-3H3. The number of rotatable bonds is 3. The minimum absolute atomic E-state index is 0.113. The summed E-state index contributed by atoms with van der Waals surface area (Å²) >= 11 is 6.13. The third-order valence-electron chi connectivity index (χ3n) is 3.28. The molecule has 18 heavy (non-hydrogen) atoms. The molecule has 0 saturated carbocycles. The van der Waals surface area contributed by atoms with Gasteiger partial charge in [-0.25, -0.2) is 4.68 Å². The Morgan fingerprint density at radius 3 is 2.72 bits per heavy atom. The van der Waals surface area contributed by atoms with Crippen molar-refractivity contribution >= 4 is 11.6 Å². The van der Waals surface area contributed by atoms with Crippen molar-refractivity contribution in [2.45, 2.75) is 26.2 Å². The van der Waals surface area contributed by atoms with Gasteiger partial charge in [0, 0.05) is 23.2 Å². The van der Waals surface area contributed by atoms with E-state index in [1.165, 1.54) is 0 Å². The van der Waals surface area contributed by atoms with Gasteiger partial charge in [0.25, 0.3) is 0 Å². The van der Waals surface area contributed by atoms with Gasteiger partial charge in [-0.1, -0.05) is 31.5 Å². The van der Waals surface area contributed by atoms with Crippen LogP contribution < -0.4 is 5.73 Å². The van der Waals surface area contributed by atoms with Gasteiger partial charge in [-0.3, -0.25) is 0 Å². The molecule has 3 nitrogen and oxygen atoms in total. The molecule has 0 atom stereocenters. The molecule has 0 bridgehead atoms. The zero-order valence-corrected chi connectivity index (χ0v) is 11.7. The van der Waals surface area contributed by atoms with E-state index < -0.39 is 0 Å². The Labute approximate surface area is 113 Å². The minimum atomic E-state index is -0.113. The number of aromatic nitrogens is 2. The van der Waals surface area contributed by atoms with Crippen LogP contribution in [0.15, 0.2) is 30.5 Å². The molecule has 0 fully saturated rings. The first-order chi connectivity index (χ1) is 8.45. The first-order valence-corrected chi connectivity index (χ1v) is 6.35. The van der Waals surface area contributed by atoms with Crippen molar-refractivity contribution in [1.29, 1.82) is 0 Å². The highest BCUT2D eigenvalue weighted by atomic mass is 35.5. The number of benzene rings is 1. The molecule has 0 unspecified atom stereocenters. The van der Waals surface area contributed by atoms with E-state index in [1.807, 2.05) is 42.1 Å². The normalized spacial score (nSPS) is 11.8. The van der Waals surface area contributed by atoms with Crippen molar-refractivity contribution in [2.24, 2.45) is 5.73 Å². The summed E-state index contributed by atoms with van der Waals surface area (Å²) in [7, 11) is 0.